The number of hydrogen-bond donors (Lipinski definition) is 0. The summed E-state index contributed by atoms with van der Waals surface area (Å²) in [6, 6.07) is 10.7. The fraction of sp³-hybridized carbons (Fsp3) is 0.615. The molecule has 6 heteroatoms. The van der Waals surface area contributed by atoms with Crippen molar-refractivity contribution >= 4 is 5.91 Å². The molecule has 0 radical (unpaired) electrons. The summed E-state index contributed by atoms with van der Waals surface area (Å²) >= 11 is 0. The van der Waals surface area contributed by atoms with E-state index in [1.54, 1.807) is 0 Å². The summed E-state index contributed by atoms with van der Waals surface area (Å²) < 4.78 is 7.71. The number of hydrogen-bond acceptors (Lipinski definition) is 4. The maximum atomic E-state index is 13.3. The van der Waals surface area contributed by atoms with Crippen molar-refractivity contribution in [3.8, 4) is 0 Å². The lowest BCUT2D eigenvalue weighted by Gasteiger charge is -2.36. The van der Waals surface area contributed by atoms with E-state index < -0.39 is 0 Å². The number of carbonyl (C=O) groups excluding carboxylic acids is 1. The van der Waals surface area contributed by atoms with E-state index in [9.17, 15) is 4.79 Å². The minimum Gasteiger partial charge on any atom is -0.376 e. The third-order valence-electron chi connectivity index (χ3n) is 7.03. The summed E-state index contributed by atoms with van der Waals surface area (Å²) in [6.07, 6.45) is 4.61. The molecule has 1 aromatic carbocycles. The number of benzene rings is 1. The van der Waals surface area contributed by atoms with Crippen molar-refractivity contribution in [1.82, 2.24) is 19.6 Å². The maximum absolute atomic E-state index is 13.3. The van der Waals surface area contributed by atoms with E-state index in [1.165, 1.54) is 11.1 Å². The van der Waals surface area contributed by atoms with Crippen molar-refractivity contribution in [2.45, 2.75) is 65.6 Å². The first-order valence-corrected chi connectivity index (χ1v) is 12.1. The average molecular weight is 439 g/mol. The molecule has 0 spiro atoms. The lowest BCUT2D eigenvalue weighted by molar-refractivity contribution is -0.134. The van der Waals surface area contributed by atoms with Gasteiger partial charge in [0.15, 0.2) is 0 Å². The van der Waals surface area contributed by atoms with Gasteiger partial charge < -0.3 is 9.64 Å². The zero-order chi connectivity index (χ0) is 22.5. The van der Waals surface area contributed by atoms with E-state index in [4.69, 9.17) is 4.74 Å². The highest BCUT2D eigenvalue weighted by molar-refractivity contribution is 5.76. The second-order valence-electron chi connectivity index (χ2n) is 9.66. The van der Waals surface area contributed by atoms with Gasteiger partial charge in [-0.05, 0) is 82.7 Å². The first-order valence-electron chi connectivity index (χ1n) is 12.1. The molecule has 3 heterocycles. The van der Waals surface area contributed by atoms with E-state index in [0.29, 0.717) is 19.0 Å². The zero-order valence-electron chi connectivity index (χ0n) is 19.9. The van der Waals surface area contributed by atoms with Gasteiger partial charge in [-0.15, -0.1) is 0 Å². The smallest absolute Gasteiger partial charge is 0.244 e. The van der Waals surface area contributed by atoms with Crippen LogP contribution >= 0.6 is 0 Å². The summed E-state index contributed by atoms with van der Waals surface area (Å²) in [5.74, 6) is 0.711. The molecule has 0 aliphatic carbocycles. The van der Waals surface area contributed by atoms with Crippen molar-refractivity contribution in [3.63, 3.8) is 0 Å². The molecule has 2 fully saturated rings. The Morgan fingerprint density at radius 3 is 2.56 bits per heavy atom. The highest BCUT2D eigenvalue weighted by Gasteiger charge is 2.27. The van der Waals surface area contributed by atoms with Crippen LogP contribution in [0.4, 0.5) is 0 Å². The average Bonchev–Trinajstić information content (AvgIpc) is 3.39. The number of rotatable bonds is 8. The molecule has 1 amide bonds. The number of aryl methyl sites for hydroxylation is 3. The molecule has 6 nitrogen and oxygen atoms in total. The lowest BCUT2D eigenvalue weighted by atomic mass is 9.95. The van der Waals surface area contributed by atoms with Crippen LogP contribution in [0.2, 0.25) is 0 Å². The van der Waals surface area contributed by atoms with Crippen LogP contribution in [0, 0.1) is 26.7 Å². The Bertz CT molecular complexity index is 895. The van der Waals surface area contributed by atoms with Crippen LogP contribution < -0.4 is 0 Å². The number of amides is 1. The summed E-state index contributed by atoms with van der Waals surface area (Å²) in [5.41, 5.74) is 4.79. The highest BCUT2D eigenvalue weighted by Crippen LogP contribution is 2.23. The van der Waals surface area contributed by atoms with Gasteiger partial charge in [-0.3, -0.25) is 14.4 Å². The topological polar surface area (TPSA) is 50.6 Å². The molecular formula is C26H38N4O2. The predicted octanol–water partition coefficient (Wildman–Crippen LogP) is 3.73. The Labute approximate surface area is 192 Å². The van der Waals surface area contributed by atoms with Crippen LogP contribution in [0.5, 0.6) is 0 Å². The van der Waals surface area contributed by atoms with Gasteiger partial charge in [-0.25, -0.2) is 0 Å². The summed E-state index contributed by atoms with van der Waals surface area (Å²) in [7, 11) is 0. The number of piperidine rings is 1. The normalized spacial score (nSPS) is 20.0. The van der Waals surface area contributed by atoms with E-state index in [-0.39, 0.29) is 12.0 Å². The lowest BCUT2D eigenvalue weighted by Crippen LogP contribution is -2.44. The molecule has 2 aliphatic heterocycles. The molecule has 2 saturated heterocycles. The second kappa shape index (κ2) is 10.6. The predicted molar refractivity (Wildman–Crippen MR) is 126 cm³/mol. The SMILES string of the molecule is Cc1cc(C)n(CC(=O)N(CC2CCN(Cc3ccccc3C)CC2)CC2CCCO2)n1. The molecule has 0 saturated carbocycles. The molecule has 0 bridgehead atoms. The van der Waals surface area contributed by atoms with E-state index in [0.717, 1.165) is 69.9 Å². The van der Waals surface area contributed by atoms with E-state index in [2.05, 4.69) is 46.1 Å². The first kappa shape index (κ1) is 23.0. The fourth-order valence-electron chi connectivity index (χ4n) is 5.04. The Hall–Kier alpha value is -2.18. The number of aromatic nitrogens is 2. The number of carbonyl (C=O) groups is 1. The fourth-order valence-corrected chi connectivity index (χ4v) is 5.04. The van der Waals surface area contributed by atoms with Crippen LogP contribution in [0.25, 0.3) is 0 Å². The van der Waals surface area contributed by atoms with Crippen molar-refractivity contribution in [2.24, 2.45) is 5.92 Å². The van der Waals surface area contributed by atoms with Gasteiger partial charge in [0, 0.05) is 31.9 Å². The quantitative estimate of drug-likeness (QED) is 0.630. The molecule has 0 N–H and O–H groups in total. The second-order valence-corrected chi connectivity index (χ2v) is 9.66. The Balaban J connectivity index is 1.34. The van der Waals surface area contributed by atoms with Crippen LogP contribution in [-0.2, 0) is 22.6 Å². The molecule has 174 valence electrons. The summed E-state index contributed by atoms with van der Waals surface area (Å²) in [6.45, 7) is 12.1. The van der Waals surface area contributed by atoms with Gasteiger partial charge in [-0.2, -0.15) is 5.10 Å². The van der Waals surface area contributed by atoms with Gasteiger partial charge in [0.25, 0.3) is 0 Å². The van der Waals surface area contributed by atoms with Gasteiger partial charge in [-0.1, -0.05) is 24.3 Å². The Kier molecular flexibility index (Phi) is 7.63. The number of nitrogens with zero attached hydrogens (tertiary/aromatic N) is 4. The Morgan fingerprint density at radius 2 is 1.91 bits per heavy atom. The zero-order valence-corrected chi connectivity index (χ0v) is 19.9. The molecule has 2 aliphatic rings. The van der Waals surface area contributed by atoms with Crippen molar-refractivity contribution < 1.29 is 9.53 Å². The molecular weight excluding hydrogens is 400 g/mol. The molecule has 1 atom stereocenters. The summed E-state index contributed by atoms with van der Waals surface area (Å²) in [4.78, 5) is 17.9. The minimum absolute atomic E-state index is 0.161. The molecule has 1 aromatic heterocycles. The minimum atomic E-state index is 0.161. The largest absolute Gasteiger partial charge is 0.376 e. The summed E-state index contributed by atoms with van der Waals surface area (Å²) in [5, 5.41) is 4.50. The van der Waals surface area contributed by atoms with Crippen molar-refractivity contribution in [2.75, 3.05) is 32.8 Å². The van der Waals surface area contributed by atoms with Gasteiger partial charge in [0.05, 0.1) is 11.8 Å². The monoisotopic (exact) mass is 438 g/mol. The molecule has 1 unspecified atom stereocenters. The molecule has 4 rings (SSSR count). The van der Waals surface area contributed by atoms with Crippen LogP contribution in [-0.4, -0.2) is 64.4 Å². The van der Waals surface area contributed by atoms with Crippen LogP contribution in [0.3, 0.4) is 0 Å². The Morgan fingerprint density at radius 1 is 1.12 bits per heavy atom. The van der Waals surface area contributed by atoms with Gasteiger partial charge in [0.1, 0.15) is 6.54 Å². The first-order chi connectivity index (χ1) is 15.5. The maximum Gasteiger partial charge on any atom is 0.244 e. The number of likely N-dealkylation sites (tertiary alicyclic amines) is 1. The van der Waals surface area contributed by atoms with Gasteiger partial charge in [0.2, 0.25) is 5.91 Å². The van der Waals surface area contributed by atoms with E-state index in [1.807, 2.05) is 24.6 Å². The third-order valence-corrected chi connectivity index (χ3v) is 7.03. The van der Waals surface area contributed by atoms with Crippen molar-refractivity contribution in [3.05, 3.63) is 52.8 Å². The standard InChI is InChI=1S/C26H38N4O2/c1-20-7-4-5-8-24(20)17-28-12-10-23(11-13-28)16-29(18-25-9-6-14-32-25)26(31)19-30-22(3)15-21(2)27-30/h4-5,7-8,15,23,25H,6,9-14,16-19H2,1-3H3. The highest BCUT2D eigenvalue weighted by atomic mass is 16.5. The van der Waals surface area contributed by atoms with E-state index >= 15 is 0 Å². The van der Waals surface area contributed by atoms with Crippen LogP contribution in [0.1, 0.15) is 48.2 Å². The molecule has 2 aromatic rings. The third kappa shape index (κ3) is 5.99. The van der Waals surface area contributed by atoms with Crippen LogP contribution in [0.15, 0.2) is 30.3 Å². The van der Waals surface area contributed by atoms with Crippen molar-refractivity contribution in [1.29, 1.82) is 0 Å². The van der Waals surface area contributed by atoms with Gasteiger partial charge >= 0.3 is 0 Å². The molecule has 32 heavy (non-hydrogen) atoms. The number of ether oxygens (including phenoxy) is 1.